The van der Waals surface area contributed by atoms with Crippen molar-refractivity contribution in [2.24, 2.45) is 0 Å². The van der Waals surface area contributed by atoms with Gasteiger partial charge in [0.15, 0.2) is 0 Å². The first-order valence-corrected chi connectivity index (χ1v) is 10.9. The molecule has 4 rings (SSSR count). The Kier molecular flexibility index (Phi) is 7.59. The van der Waals surface area contributed by atoms with E-state index in [1.54, 1.807) is 54.7 Å². The highest BCUT2D eigenvalue weighted by atomic mass is 35.5. The number of benzene rings is 1. The van der Waals surface area contributed by atoms with Crippen molar-refractivity contribution >= 4 is 48.2 Å². The standard InChI is InChI=1S/C22H20ClN3O3S.H2S/c23-19-12-11-18(30-19)22(29)25-17-5-3-4-16(17)24-21(28)14-7-9-15(10-8-14)26-13-2-1-6-20(26)27;/h1-2,6-13,16-17H,3-5H2,(H,24,28)(H,25,29);1H2/t16?,17-;/m0./s1. The summed E-state index contributed by atoms with van der Waals surface area (Å²) in [6.07, 6.45) is 4.23. The number of hydrogen-bond donors (Lipinski definition) is 2. The number of carbonyl (C=O) groups is 2. The number of halogens is 1. The van der Waals surface area contributed by atoms with Crippen LogP contribution >= 0.6 is 36.4 Å². The molecular formula is C22H22ClN3O3S2. The van der Waals surface area contributed by atoms with Crippen LogP contribution in [-0.2, 0) is 0 Å². The predicted octanol–water partition coefficient (Wildman–Crippen LogP) is 3.75. The van der Waals surface area contributed by atoms with Crippen LogP contribution in [0.25, 0.3) is 5.69 Å². The summed E-state index contributed by atoms with van der Waals surface area (Å²) in [5, 5.41) is 6.05. The van der Waals surface area contributed by atoms with E-state index >= 15 is 0 Å². The van der Waals surface area contributed by atoms with Gasteiger partial charge in [-0.05, 0) is 61.7 Å². The number of rotatable bonds is 5. The number of nitrogens with one attached hydrogen (secondary N) is 2. The maximum Gasteiger partial charge on any atom is 0.261 e. The fraction of sp³-hybridized carbons (Fsp3) is 0.227. The van der Waals surface area contributed by atoms with Crippen LogP contribution in [0, 0.1) is 0 Å². The second-order valence-electron chi connectivity index (χ2n) is 7.15. The van der Waals surface area contributed by atoms with Gasteiger partial charge in [0.25, 0.3) is 17.4 Å². The van der Waals surface area contributed by atoms with Crippen LogP contribution in [0.2, 0.25) is 4.34 Å². The third-order valence-electron chi connectivity index (χ3n) is 5.18. The van der Waals surface area contributed by atoms with Gasteiger partial charge in [0.05, 0.1) is 9.21 Å². The van der Waals surface area contributed by atoms with Crippen molar-refractivity contribution < 1.29 is 9.59 Å². The second kappa shape index (κ2) is 10.2. The van der Waals surface area contributed by atoms with Crippen molar-refractivity contribution in [3.63, 3.8) is 0 Å². The van der Waals surface area contributed by atoms with Gasteiger partial charge in [0.1, 0.15) is 0 Å². The summed E-state index contributed by atoms with van der Waals surface area (Å²) in [5.41, 5.74) is 1.06. The molecule has 1 aliphatic rings. The molecule has 2 N–H and O–H groups in total. The maximum atomic E-state index is 12.7. The van der Waals surface area contributed by atoms with Gasteiger partial charge in [-0.2, -0.15) is 13.5 Å². The fourth-order valence-corrected chi connectivity index (χ4v) is 4.59. The van der Waals surface area contributed by atoms with Crippen molar-refractivity contribution in [1.82, 2.24) is 15.2 Å². The van der Waals surface area contributed by atoms with E-state index in [2.05, 4.69) is 10.6 Å². The zero-order valence-corrected chi connectivity index (χ0v) is 19.1. The minimum Gasteiger partial charge on any atom is -0.347 e. The molecule has 2 atom stereocenters. The molecule has 1 unspecified atom stereocenters. The van der Waals surface area contributed by atoms with Crippen molar-refractivity contribution in [2.75, 3.05) is 0 Å². The average molecular weight is 476 g/mol. The zero-order valence-electron chi connectivity index (χ0n) is 16.5. The minimum absolute atomic E-state index is 0. The molecular weight excluding hydrogens is 454 g/mol. The van der Waals surface area contributed by atoms with Gasteiger partial charge in [-0.1, -0.05) is 17.7 Å². The van der Waals surface area contributed by atoms with Crippen LogP contribution < -0.4 is 16.2 Å². The Morgan fingerprint density at radius 3 is 2.23 bits per heavy atom. The van der Waals surface area contributed by atoms with Crippen molar-refractivity contribution in [1.29, 1.82) is 0 Å². The Hall–Kier alpha value is -2.55. The molecule has 0 saturated heterocycles. The van der Waals surface area contributed by atoms with Crippen LogP contribution in [0.3, 0.4) is 0 Å². The molecule has 31 heavy (non-hydrogen) atoms. The van der Waals surface area contributed by atoms with E-state index in [-0.39, 0.29) is 43.0 Å². The third-order valence-corrected chi connectivity index (χ3v) is 6.41. The van der Waals surface area contributed by atoms with Crippen LogP contribution in [0.5, 0.6) is 0 Å². The second-order valence-corrected chi connectivity index (χ2v) is 8.87. The molecule has 3 aromatic rings. The largest absolute Gasteiger partial charge is 0.347 e. The first kappa shape index (κ1) is 23.1. The van der Waals surface area contributed by atoms with E-state index in [4.69, 9.17) is 11.6 Å². The first-order valence-electron chi connectivity index (χ1n) is 9.66. The van der Waals surface area contributed by atoms with Gasteiger partial charge >= 0.3 is 0 Å². The first-order chi connectivity index (χ1) is 14.5. The number of amides is 2. The lowest BCUT2D eigenvalue weighted by atomic mass is 10.1. The molecule has 2 aromatic heterocycles. The van der Waals surface area contributed by atoms with E-state index in [0.29, 0.717) is 20.5 Å². The molecule has 9 heteroatoms. The number of carbonyl (C=O) groups excluding carboxylic acids is 2. The van der Waals surface area contributed by atoms with Crippen molar-refractivity contribution in [3.8, 4) is 5.69 Å². The Labute approximate surface area is 195 Å². The number of hydrogen-bond acceptors (Lipinski definition) is 4. The molecule has 1 saturated carbocycles. The van der Waals surface area contributed by atoms with Crippen molar-refractivity contribution in [2.45, 2.75) is 31.3 Å². The Bertz CT molecular complexity index is 1130. The van der Waals surface area contributed by atoms with E-state index in [9.17, 15) is 14.4 Å². The number of aromatic nitrogens is 1. The molecule has 0 aliphatic heterocycles. The van der Waals surface area contributed by atoms with Gasteiger partial charge in [-0.3, -0.25) is 19.0 Å². The normalized spacial score (nSPS) is 17.6. The predicted molar refractivity (Wildman–Crippen MR) is 128 cm³/mol. The highest BCUT2D eigenvalue weighted by Crippen LogP contribution is 2.24. The Morgan fingerprint density at radius 1 is 0.935 bits per heavy atom. The Balaban J connectivity index is 0.00000272. The van der Waals surface area contributed by atoms with Crippen LogP contribution in [0.1, 0.15) is 39.3 Å². The summed E-state index contributed by atoms with van der Waals surface area (Å²) in [4.78, 5) is 37.6. The molecule has 1 fully saturated rings. The summed E-state index contributed by atoms with van der Waals surface area (Å²) in [6, 6.07) is 15.0. The lowest BCUT2D eigenvalue weighted by molar-refractivity contribution is 0.0894. The lowest BCUT2D eigenvalue weighted by Gasteiger charge is -2.22. The summed E-state index contributed by atoms with van der Waals surface area (Å²) in [7, 11) is 0. The van der Waals surface area contributed by atoms with Gasteiger partial charge in [0.2, 0.25) is 0 Å². The van der Waals surface area contributed by atoms with Gasteiger partial charge in [-0.15, -0.1) is 11.3 Å². The summed E-state index contributed by atoms with van der Waals surface area (Å²) < 4.78 is 2.08. The summed E-state index contributed by atoms with van der Waals surface area (Å²) in [6.45, 7) is 0. The van der Waals surface area contributed by atoms with Gasteiger partial charge < -0.3 is 10.6 Å². The minimum atomic E-state index is -0.202. The number of pyridine rings is 1. The molecule has 1 aromatic carbocycles. The lowest BCUT2D eigenvalue weighted by Crippen LogP contribution is -2.48. The summed E-state index contributed by atoms with van der Waals surface area (Å²) >= 11 is 7.14. The van der Waals surface area contributed by atoms with E-state index in [1.807, 2.05) is 0 Å². The van der Waals surface area contributed by atoms with Gasteiger partial charge in [-0.25, -0.2) is 0 Å². The smallest absolute Gasteiger partial charge is 0.261 e. The maximum absolute atomic E-state index is 12.7. The van der Waals surface area contributed by atoms with E-state index < -0.39 is 0 Å². The van der Waals surface area contributed by atoms with Crippen molar-refractivity contribution in [3.05, 3.63) is 85.9 Å². The fourth-order valence-electron chi connectivity index (χ4n) is 3.65. The summed E-state index contributed by atoms with van der Waals surface area (Å²) in [5.74, 6) is -0.372. The topological polar surface area (TPSA) is 80.2 Å². The SMILES string of the molecule is O=C(NC1CCC[C@@H]1NC(=O)c1ccc(Cl)s1)c1ccc(-n2ccccc2=O)cc1.S. The molecule has 0 radical (unpaired) electrons. The molecule has 6 nitrogen and oxygen atoms in total. The Morgan fingerprint density at radius 2 is 1.61 bits per heavy atom. The van der Waals surface area contributed by atoms with E-state index in [0.717, 1.165) is 19.3 Å². The molecule has 162 valence electrons. The third kappa shape index (κ3) is 5.39. The quantitative estimate of drug-likeness (QED) is 0.589. The highest BCUT2D eigenvalue weighted by molar-refractivity contribution is 7.59. The monoisotopic (exact) mass is 475 g/mol. The number of nitrogens with zero attached hydrogens (tertiary/aromatic N) is 1. The molecule has 1 aliphatic carbocycles. The zero-order chi connectivity index (χ0) is 21.1. The van der Waals surface area contributed by atoms with Crippen LogP contribution in [0.4, 0.5) is 0 Å². The average Bonchev–Trinajstić information content (AvgIpc) is 3.37. The van der Waals surface area contributed by atoms with Gasteiger partial charge in [0, 0.05) is 35.6 Å². The number of thiophene rings is 1. The van der Waals surface area contributed by atoms with E-state index in [1.165, 1.54) is 22.0 Å². The molecule has 2 heterocycles. The van der Waals surface area contributed by atoms with Crippen LogP contribution in [-0.4, -0.2) is 28.5 Å². The highest BCUT2D eigenvalue weighted by Gasteiger charge is 2.30. The molecule has 2 amide bonds. The van der Waals surface area contributed by atoms with Crippen LogP contribution in [0.15, 0.2) is 65.6 Å². The molecule has 0 bridgehead atoms. The molecule has 0 spiro atoms.